The standard InChI is InChI=1S/C29H34FN5O/c1-19-15-24(12-13-25(19)30)35(18-20-5-4-6-20)23-10-8-22(9-11-23)33(2)27-16-28(36)34(3)26-14-7-21(17-31)32-29(26)27/h7,12-16,20,22-23H,4-6,8-11,18H2,1-3H3. The number of rotatable bonds is 6. The van der Waals surface area contributed by atoms with Crippen LogP contribution in [0.4, 0.5) is 15.8 Å². The molecular formula is C29H34FN5O. The number of fused-ring (bicyclic) bond motifs is 1. The Hall–Kier alpha value is -3.40. The van der Waals surface area contributed by atoms with E-state index >= 15 is 0 Å². The van der Waals surface area contributed by atoms with Crippen LogP contribution in [0, 0.1) is 30.0 Å². The lowest BCUT2D eigenvalue weighted by Crippen LogP contribution is -2.46. The molecule has 2 aromatic heterocycles. The molecule has 0 spiro atoms. The average molecular weight is 488 g/mol. The molecule has 2 aliphatic rings. The number of nitrogens with zero attached hydrogens (tertiary/aromatic N) is 5. The Kier molecular flexibility index (Phi) is 6.70. The van der Waals surface area contributed by atoms with E-state index < -0.39 is 0 Å². The van der Waals surface area contributed by atoms with E-state index in [9.17, 15) is 14.4 Å². The molecule has 3 aromatic rings. The van der Waals surface area contributed by atoms with Gasteiger partial charge in [-0.2, -0.15) is 5.26 Å². The van der Waals surface area contributed by atoms with Crippen LogP contribution in [-0.4, -0.2) is 35.2 Å². The minimum atomic E-state index is -0.151. The molecule has 0 aliphatic heterocycles. The lowest BCUT2D eigenvalue weighted by atomic mass is 9.83. The maximum atomic E-state index is 14.0. The molecule has 6 nitrogen and oxygen atoms in total. The number of aryl methyl sites for hydroxylation is 2. The largest absolute Gasteiger partial charge is 0.370 e. The van der Waals surface area contributed by atoms with Crippen LogP contribution in [-0.2, 0) is 7.05 Å². The normalized spacial score (nSPS) is 20.1. The van der Waals surface area contributed by atoms with Gasteiger partial charge in [-0.25, -0.2) is 9.37 Å². The van der Waals surface area contributed by atoms with Gasteiger partial charge in [0, 0.05) is 44.5 Å². The van der Waals surface area contributed by atoms with E-state index in [1.165, 1.54) is 19.3 Å². The van der Waals surface area contributed by atoms with Crippen molar-refractivity contribution in [3.8, 4) is 6.07 Å². The molecule has 7 heteroatoms. The summed E-state index contributed by atoms with van der Waals surface area (Å²) in [7, 11) is 3.77. The monoisotopic (exact) mass is 487 g/mol. The molecule has 0 radical (unpaired) electrons. The molecule has 0 bridgehead atoms. The number of anilines is 2. The zero-order chi connectivity index (χ0) is 25.4. The molecule has 0 atom stereocenters. The van der Waals surface area contributed by atoms with Gasteiger partial charge in [-0.1, -0.05) is 6.42 Å². The molecule has 36 heavy (non-hydrogen) atoms. The molecule has 2 fully saturated rings. The fourth-order valence-corrected chi connectivity index (χ4v) is 5.82. The fraction of sp³-hybridized carbons (Fsp3) is 0.483. The van der Waals surface area contributed by atoms with E-state index in [2.05, 4.69) is 20.9 Å². The molecule has 188 valence electrons. The Morgan fingerprint density at radius 2 is 1.81 bits per heavy atom. The first-order chi connectivity index (χ1) is 17.4. The van der Waals surface area contributed by atoms with Crippen molar-refractivity contribution in [3.05, 3.63) is 63.8 Å². The van der Waals surface area contributed by atoms with Crippen molar-refractivity contribution in [1.82, 2.24) is 9.55 Å². The van der Waals surface area contributed by atoms with Crippen molar-refractivity contribution in [2.45, 2.75) is 64.0 Å². The fourth-order valence-electron chi connectivity index (χ4n) is 5.82. The summed E-state index contributed by atoms with van der Waals surface area (Å²) >= 11 is 0. The van der Waals surface area contributed by atoms with Crippen molar-refractivity contribution in [3.63, 3.8) is 0 Å². The van der Waals surface area contributed by atoms with Gasteiger partial charge in [-0.3, -0.25) is 4.79 Å². The summed E-state index contributed by atoms with van der Waals surface area (Å²) in [5.74, 6) is 0.574. The summed E-state index contributed by atoms with van der Waals surface area (Å²) in [4.78, 5) is 22.0. The highest BCUT2D eigenvalue weighted by Gasteiger charge is 2.31. The van der Waals surface area contributed by atoms with E-state index in [-0.39, 0.29) is 17.4 Å². The first-order valence-corrected chi connectivity index (χ1v) is 13.0. The van der Waals surface area contributed by atoms with Crippen LogP contribution in [0.5, 0.6) is 0 Å². The highest BCUT2D eigenvalue weighted by Crippen LogP contribution is 2.36. The summed E-state index contributed by atoms with van der Waals surface area (Å²) in [5, 5.41) is 9.37. The summed E-state index contributed by atoms with van der Waals surface area (Å²) in [6, 6.07) is 13.5. The number of hydrogen-bond donors (Lipinski definition) is 0. The van der Waals surface area contributed by atoms with Crippen LogP contribution < -0.4 is 15.4 Å². The summed E-state index contributed by atoms with van der Waals surface area (Å²) in [6.45, 7) is 2.88. The van der Waals surface area contributed by atoms with Crippen LogP contribution in [0.15, 0.2) is 41.2 Å². The van der Waals surface area contributed by atoms with Gasteiger partial charge in [-0.05, 0) is 87.3 Å². The molecular weight excluding hydrogens is 453 g/mol. The second-order valence-electron chi connectivity index (χ2n) is 10.6. The number of pyridine rings is 2. The van der Waals surface area contributed by atoms with Gasteiger partial charge >= 0.3 is 0 Å². The van der Waals surface area contributed by atoms with Crippen LogP contribution in [0.25, 0.3) is 11.0 Å². The predicted molar refractivity (Wildman–Crippen MR) is 142 cm³/mol. The maximum Gasteiger partial charge on any atom is 0.252 e. The Morgan fingerprint density at radius 3 is 2.44 bits per heavy atom. The van der Waals surface area contributed by atoms with E-state index in [1.807, 2.05) is 26.1 Å². The minimum absolute atomic E-state index is 0.0807. The molecule has 1 aromatic carbocycles. The lowest BCUT2D eigenvalue weighted by Gasteiger charge is -2.44. The Labute approximate surface area is 212 Å². The second-order valence-corrected chi connectivity index (χ2v) is 10.6. The van der Waals surface area contributed by atoms with Crippen LogP contribution >= 0.6 is 0 Å². The smallest absolute Gasteiger partial charge is 0.252 e. The quantitative estimate of drug-likeness (QED) is 0.472. The zero-order valence-electron chi connectivity index (χ0n) is 21.4. The van der Waals surface area contributed by atoms with E-state index in [0.717, 1.165) is 55.0 Å². The Morgan fingerprint density at radius 1 is 1.08 bits per heavy atom. The third-order valence-electron chi connectivity index (χ3n) is 8.37. The highest BCUT2D eigenvalue weighted by atomic mass is 19.1. The topological polar surface area (TPSA) is 65.2 Å². The molecule has 0 amide bonds. The number of benzene rings is 1. The minimum Gasteiger partial charge on any atom is -0.370 e. The van der Waals surface area contributed by atoms with Crippen molar-refractivity contribution >= 4 is 22.4 Å². The Bertz CT molecular complexity index is 1360. The Balaban J connectivity index is 1.37. The summed E-state index contributed by atoms with van der Waals surface area (Å²) in [6.07, 6.45) is 7.94. The average Bonchev–Trinajstić information content (AvgIpc) is 2.87. The third-order valence-corrected chi connectivity index (χ3v) is 8.37. The third kappa shape index (κ3) is 4.57. The van der Waals surface area contributed by atoms with E-state index in [1.54, 1.807) is 35.9 Å². The van der Waals surface area contributed by atoms with E-state index in [0.29, 0.717) is 22.8 Å². The first-order valence-electron chi connectivity index (χ1n) is 13.0. The molecule has 2 saturated carbocycles. The van der Waals surface area contributed by atoms with Crippen molar-refractivity contribution in [1.29, 1.82) is 5.26 Å². The van der Waals surface area contributed by atoms with E-state index in [4.69, 9.17) is 0 Å². The van der Waals surface area contributed by atoms with Gasteiger partial charge in [0.25, 0.3) is 5.56 Å². The number of hydrogen-bond acceptors (Lipinski definition) is 5. The predicted octanol–water partition coefficient (Wildman–Crippen LogP) is 5.31. The molecule has 0 unspecified atom stereocenters. The molecule has 2 heterocycles. The number of aromatic nitrogens is 2. The van der Waals surface area contributed by atoms with Gasteiger partial charge in [-0.15, -0.1) is 0 Å². The first kappa shape index (κ1) is 24.3. The van der Waals surface area contributed by atoms with Crippen molar-refractivity contribution in [2.24, 2.45) is 13.0 Å². The van der Waals surface area contributed by atoms with Gasteiger partial charge < -0.3 is 14.4 Å². The van der Waals surface area contributed by atoms with Crippen LogP contribution in [0.2, 0.25) is 0 Å². The summed E-state index contributed by atoms with van der Waals surface area (Å²) in [5.41, 5.74) is 4.30. The molecule has 2 aliphatic carbocycles. The van der Waals surface area contributed by atoms with Gasteiger partial charge in [0.1, 0.15) is 23.1 Å². The van der Waals surface area contributed by atoms with Gasteiger partial charge in [0.15, 0.2) is 0 Å². The molecule has 5 rings (SSSR count). The van der Waals surface area contributed by atoms with Crippen molar-refractivity contribution < 1.29 is 4.39 Å². The van der Waals surface area contributed by atoms with Crippen molar-refractivity contribution in [2.75, 3.05) is 23.4 Å². The lowest BCUT2D eigenvalue weighted by molar-refractivity contribution is 0.291. The zero-order valence-corrected chi connectivity index (χ0v) is 21.4. The maximum absolute atomic E-state index is 14.0. The molecule has 0 N–H and O–H groups in total. The number of halogens is 1. The van der Waals surface area contributed by atoms with Crippen LogP contribution in [0.1, 0.15) is 56.2 Å². The van der Waals surface area contributed by atoms with Gasteiger partial charge in [0.2, 0.25) is 0 Å². The van der Waals surface area contributed by atoms with Crippen LogP contribution in [0.3, 0.4) is 0 Å². The highest BCUT2D eigenvalue weighted by molar-refractivity contribution is 5.88. The molecule has 0 saturated heterocycles. The van der Waals surface area contributed by atoms with Gasteiger partial charge in [0.05, 0.1) is 11.2 Å². The SMILES string of the molecule is Cc1cc(N(CC2CCC2)C2CCC(N(C)c3cc(=O)n(C)c4ccc(C#N)nc34)CC2)ccc1F. The summed E-state index contributed by atoms with van der Waals surface area (Å²) < 4.78 is 15.6. The second kappa shape index (κ2) is 9.93. The number of nitriles is 1.